The number of carbonyl (C=O) groups is 1. The zero-order valence-electron chi connectivity index (χ0n) is 14.1. The van der Waals surface area contributed by atoms with Crippen molar-refractivity contribution in [2.24, 2.45) is 5.92 Å². The minimum absolute atomic E-state index is 0. The van der Waals surface area contributed by atoms with E-state index in [-0.39, 0.29) is 24.1 Å². The molecule has 1 fully saturated rings. The Morgan fingerprint density at radius 1 is 1.21 bits per heavy atom. The van der Waals surface area contributed by atoms with Crippen molar-refractivity contribution in [1.29, 1.82) is 0 Å². The van der Waals surface area contributed by atoms with Gasteiger partial charge >= 0.3 is 0 Å². The predicted octanol–water partition coefficient (Wildman–Crippen LogP) is 3.99. The largest absolute Gasteiger partial charge is 0.353 e. The smallest absolute Gasteiger partial charge is 0.204 e. The molecule has 0 radical (unpaired) electrons. The Morgan fingerprint density at radius 2 is 1.92 bits per heavy atom. The van der Waals surface area contributed by atoms with Crippen LogP contribution in [0.2, 0.25) is 0 Å². The third kappa shape index (κ3) is 4.92. The Balaban J connectivity index is 0.00000208. The first-order valence-electron chi connectivity index (χ1n) is 8.48. The van der Waals surface area contributed by atoms with Gasteiger partial charge in [0.25, 0.3) is 0 Å². The highest BCUT2D eigenvalue weighted by Gasteiger charge is 2.23. The van der Waals surface area contributed by atoms with E-state index in [1.165, 1.54) is 24.8 Å². The van der Waals surface area contributed by atoms with Crippen LogP contribution in [0.5, 0.6) is 0 Å². The Morgan fingerprint density at radius 3 is 2.62 bits per heavy atom. The van der Waals surface area contributed by atoms with Gasteiger partial charge in [0, 0.05) is 24.9 Å². The molecule has 1 aliphatic rings. The number of hydrogen-bond acceptors (Lipinski definition) is 4. The zero-order valence-corrected chi connectivity index (χ0v) is 14.9. The minimum atomic E-state index is -0.0503. The summed E-state index contributed by atoms with van der Waals surface area (Å²) >= 11 is 0. The van der Waals surface area contributed by atoms with Crippen molar-refractivity contribution in [2.45, 2.75) is 32.6 Å². The molecule has 0 spiro atoms. The summed E-state index contributed by atoms with van der Waals surface area (Å²) in [5, 5.41) is 4.05. The van der Waals surface area contributed by atoms with Crippen LogP contribution in [0.25, 0.3) is 0 Å². The van der Waals surface area contributed by atoms with Crippen molar-refractivity contribution in [3.05, 3.63) is 53.4 Å². The zero-order chi connectivity index (χ0) is 16.1. The number of piperidine rings is 1. The van der Waals surface area contributed by atoms with Gasteiger partial charge in [-0.05, 0) is 31.5 Å². The summed E-state index contributed by atoms with van der Waals surface area (Å²) < 4.78 is 5.29. The third-order valence-electron chi connectivity index (χ3n) is 4.46. The molecule has 0 amide bonds. The summed E-state index contributed by atoms with van der Waals surface area (Å²) in [6.07, 6.45) is 4.48. The fourth-order valence-electron chi connectivity index (χ4n) is 3.17. The van der Waals surface area contributed by atoms with Gasteiger partial charge in [0.2, 0.25) is 11.5 Å². The number of carbonyl (C=O) groups excluding carboxylic acids is 1. The first kappa shape index (κ1) is 18.7. The van der Waals surface area contributed by atoms with Crippen molar-refractivity contribution in [3.63, 3.8) is 0 Å². The molecule has 0 bridgehead atoms. The third-order valence-corrected chi connectivity index (χ3v) is 4.46. The molecule has 2 aromatic rings. The highest BCUT2D eigenvalue weighted by Crippen LogP contribution is 2.16. The minimum Gasteiger partial charge on any atom is -0.353 e. The van der Waals surface area contributed by atoms with E-state index in [1.54, 1.807) is 6.07 Å². The molecule has 5 heteroatoms. The van der Waals surface area contributed by atoms with Crippen LogP contribution in [-0.4, -0.2) is 35.5 Å². The van der Waals surface area contributed by atoms with Gasteiger partial charge in [-0.15, -0.1) is 12.4 Å². The molecular formula is C19H25ClN2O2. The van der Waals surface area contributed by atoms with E-state index in [2.05, 4.69) is 22.2 Å². The van der Waals surface area contributed by atoms with Crippen molar-refractivity contribution < 1.29 is 9.32 Å². The van der Waals surface area contributed by atoms with Gasteiger partial charge in [0.15, 0.2) is 0 Å². The van der Waals surface area contributed by atoms with Crippen LogP contribution in [0.15, 0.2) is 40.9 Å². The molecule has 130 valence electrons. The van der Waals surface area contributed by atoms with Crippen LogP contribution in [0.4, 0.5) is 0 Å². The summed E-state index contributed by atoms with van der Waals surface area (Å²) in [6, 6.07) is 11.9. The number of ketones is 1. The number of hydrogen-bond donors (Lipinski definition) is 0. The molecule has 0 N–H and O–H groups in total. The standard InChI is InChI=1S/C19H24N2O2.ClH/c1-15(14-21-10-6-3-7-11-21)19(22)18-13-17(20-23-18)12-16-8-4-2-5-9-16;/h2,4-5,8-9,13,15H,3,6-7,10-12,14H2,1H3;1H. The maximum absolute atomic E-state index is 12.5. The lowest BCUT2D eigenvalue weighted by molar-refractivity contribution is 0.0846. The number of rotatable bonds is 6. The molecule has 1 aromatic heterocycles. The van der Waals surface area contributed by atoms with Crippen LogP contribution < -0.4 is 0 Å². The van der Waals surface area contributed by atoms with E-state index in [0.717, 1.165) is 25.3 Å². The van der Waals surface area contributed by atoms with Gasteiger partial charge in [-0.25, -0.2) is 0 Å². The number of benzene rings is 1. The molecule has 1 atom stereocenters. The second kappa shape index (κ2) is 9.00. The second-order valence-corrected chi connectivity index (χ2v) is 6.47. The van der Waals surface area contributed by atoms with E-state index in [4.69, 9.17) is 4.52 Å². The summed E-state index contributed by atoms with van der Waals surface area (Å²) in [5.74, 6) is 0.397. The fourth-order valence-corrected chi connectivity index (χ4v) is 3.17. The number of aromatic nitrogens is 1. The molecule has 24 heavy (non-hydrogen) atoms. The highest BCUT2D eigenvalue weighted by molar-refractivity contribution is 5.95. The lowest BCUT2D eigenvalue weighted by atomic mass is 10.0. The van der Waals surface area contributed by atoms with Gasteiger partial charge in [0.05, 0.1) is 5.69 Å². The summed E-state index contributed by atoms with van der Waals surface area (Å²) in [7, 11) is 0. The molecule has 0 aliphatic carbocycles. The van der Waals surface area contributed by atoms with Crippen molar-refractivity contribution in [2.75, 3.05) is 19.6 Å². The quantitative estimate of drug-likeness (QED) is 0.740. The maximum atomic E-state index is 12.5. The molecule has 1 aliphatic heterocycles. The van der Waals surface area contributed by atoms with Gasteiger partial charge in [-0.2, -0.15) is 0 Å². The lowest BCUT2D eigenvalue weighted by Gasteiger charge is -2.28. The maximum Gasteiger partial charge on any atom is 0.204 e. The lowest BCUT2D eigenvalue weighted by Crippen LogP contribution is -2.35. The van der Waals surface area contributed by atoms with Crippen molar-refractivity contribution in [3.8, 4) is 0 Å². The summed E-state index contributed by atoms with van der Waals surface area (Å²) in [5.41, 5.74) is 1.98. The molecule has 1 saturated heterocycles. The molecule has 1 unspecified atom stereocenters. The van der Waals surface area contributed by atoms with E-state index < -0.39 is 0 Å². The topological polar surface area (TPSA) is 46.3 Å². The Hall–Kier alpha value is -1.65. The van der Waals surface area contributed by atoms with Crippen LogP contribution >= 0.6 is 12.4 Å². The van der Waals surface area contributed by atoms with Gasteiger partial charge in [-0.3, -0.25) is 4.79 Å². The van der Waals surface area contributed by atoms with Crippen molar-refractivity contribution in [1.82, 2.24) is 10.1 Å². The number of likely N-dealkylation sites (tertiary alicyclic amines) is 1. The Kier molecular flexibility index (Phi) is 7.00. The number of nitrogens with zero attached hydrogens (tertiary/aromatic N) is 2. The molecule has 2 heterocycles. The van der Waals surface area contributed by atoms with E-state index in [9.17, 15) is 4.79 Å². The molecule has 1 aromatic carbocycles. The Bertz CT molecular complexity index is 636. The van der Waals surface area contributed by atoms with Crippen LogP contribution in [-0.2, 0) is 6.42 Å². The SMILES string of the molecule is CC(CN1CCCCC1)C(=O)c1cc(Cc2ccccc2)no1.Cl. The molecule has 0 saturated carbocycles. The first-order valence-corrected chi connectivity index (χ1v) is 8.48. The second-order valence-electron chi connectivity index (χ2n) is 6.47. The first-order chi connectivity index (χ1) is 11.2. The van der Waals surface area contributed by atoms with Crippen LogP contribution in [0.3, 0.4) is 0 Å². The average Bonchev–Trinajstić information content (AvgIpc) is 3.04. The monoisotopic (exact) mass is 348 g/mol. The van der Waals surface area contributed by atoms with E-state index in [0.29, 0.717) is 12.2 Å². The van der Waals surface area contributed by atoms with Gasteiger partial charge < -0.3 is 9.42 Å². The number of halogens is 1. The summed E-state index contributed by atoms with van der Waals surface area (Å²) in [4.78, 5) is 14.9. The molecule has 4 nitrogen and oxygen atoms in total. The van der Waals surface area contributed by atoms with Crippen molar-refractivity contribution >= 4 is 18.2 Å². The normalized spacial score (nSPS) is 16.4. The summed E-state index contributed by atoms with van der Waals surface area (Å²) in [6.45, 7) is 5.00. The van der Waals surface area contributed by atoms with Crippen LogP contribution in [0, 0.1) is 5.92 Å². The highest BCUT2D eigenvalue weighted by atomic mass is 35.5. The molecule has 3 rings (SSSR count). The van der Waals surface area contributed by atoms with Crippen LogP contribution in [0.1, 0.15) is 48.0 Å². The number of Topliss-reactive ketones (excluding diaryl/α,β-unsaturated/α-hetero) is 1. The molecular weight excluding hydrogens is 324 g/mol. The van der Waals surface area contributed by atoms with Gasteiger partial charge in [-0.1, -0.05) is 48.8 Å². The fraction of sp³-hybridized carbons (Fsp3) is 0.474. The van der Waals surface area contributed by atoms with E-state index in [1.807, 2.05) is 25.1 Å². The van der Waals surface area contributed by atoms with Gasteiger partial charge in [0.1, 0.15) is 0 Å². The predicted molar refractivity (Wildman–Crippen MR) is 96.8 cm³/mol. The van der Waals surface area contributed by atoms with E-state index >= 15 is 0 Å². The average molecular weight is 349 g/mol. The Labute approximate surface area is 149 Å².